The Bertz CT molecular complexity index is 785. The topological polar surface area (TPSA) is 84.9 Å². The number of aromatic carboxylic acids is 1. The van der Waals surface area contributed by atoms with Gasteiger partial charge in [0, 0.05) is 12.1 Å². The summed E-state index contributed by atoms with van der Waals surface area (Å²) in [4.78, 5) is 23.1. The van der Waals surface area contributed by atoms with E-state index in [2.05, 4.69) is 5.32 Å². The number of aryl methyl sites for hydroxylation is 2. The van der Waals surface area contributed by atoms with Gasteiger partial charge in [-0.05, 0) is 54.8 Å². The van der Waals surface area contributed by atoms with Crippen LogP contribution in [0.5, 0.6) is 11.5 Å². The lowest BCUT2D eigenvalue weighted by molar-refractivity contribution is -0.116. The fraction of sp³-hybridized carbons (Fsp3) is 0.263. The van der Waals surface area contributed by atoms with Gasteiger partial charge in [0.25, 0.3) is 0 Å². The number of carboxylic acids is 1. The second kappa shape index (κ2) is 8.19. The van der Waals surface area contributed by atoms with Crippen molar-refractivity contribution >= 4 is 17.6 Å². The summed E-state index contributed by atoms with van der Waals surface area (Å²) in [7, 11) is 3.14. The van der Waals surface area contributed by atoms with Crippen molar-refractivity contribution in [3.8, 4) is 11.5 Å². The van der Waals surface area contributed by atoms with Crippen molar-refractivity contribution in [2.45, 2.75) is 19.8 Å². The van der Waals surface area contributed by atoms with Gasteiger partial charge in [0.05, 0.1) is 19.8 Å². The van der Waals surface area contributed by atoms with Crippen LogP contribution in [0, 0.1) is 6.92 Å². The molecule has 0 saturated heterocycles. The molecule has 25 heavy (non-hydrogen) atoms. The van der Waals surface area contributed by atoms with Gasteiger partial charge in [-0.2, -0.15) is 0 Å². The lowest BCUT2D eigenvalue weighted by Crippen LogP contribution is -2.13. The molecule has 0 aliphatic heterocycles. The van der Waals surface area contributed by atoms with E-state index in [1.165, 1.54) is 6.07 Å². The van der Waals surface area contributed by atoms with Crippen LogP contribution in [0.2, 0.25) is 0 Å². The first kappa shape index (κ1) is 18.3. The molecule has 0 heterocycles. The van der Waals surface area contributed by atoms with E-state index in [1.807, 2.05) is 12.1 Å². The molecule has 6 nitrogen and oxygen atoms in total. The van der Waals surface area contributed by atoms with Gasteiger partial charge in [0.15, 0.2) is 11.5 Å². The number of amides is 1. The summed E-state index contributed by atoms with van der Waals surface area (Å²) in [6, 6.07) is 10.3. The molecule has 1 amide bonds. The molecule has 0 aromatic heterocycles. The van der Waals surface area contributed by atoms with Gasteiger partial charge in [-0.25, -0.2) is 4.79 Å². The van der Waals surface area contributed by atoms with E-state index in [0.717, 1.165) is 5.56 Å². The molecule has 0 saturated carbocycles. The average Bonchev–Trinajstić information content (AvgIpc) is 2.59. The molecule has 0 bridgehead atoms. The Labute approximate surface area is 146 Å². The minimum absolute atomic E-state index is 0.141. The van der Waals surface area contributed by atoms with Gasteiger partial charge in [-0.1, -0.05) is 6.07 Å². The summed E-state index contributed by atoms with van der Waals surface area (Å²) >= 11 is 0. The zero-order valence-corrected chi connectivity index (χ0v) is 14.5. The molecular formula is C19H21NO5. The van der Waals surface area contributed by atoms with Crippen molar-refractivity contribution in [2.24, 2.45) is 0 Å². The Balaban J connectivity index is 1.97. The highest BCUT2D eigenvalue weighted by atomic mass is 16.5. The normalized spacial score (nSPS) is 10.2. The third-order valence-electron chi connectivity index (χ3n) is 3.83. The maximum atomic E-state index is 12.1. The number of carbonyl (C=O) groups excluding carboxylic acids is 1. The van der Waals surface area contributed by atoms with E-state index >= 15 is 0 Å². The largest absolute Gasteiger partial charge is 0.493 e. The molecule has 0 fully saturated rings. The number of hydrogen-bond donors (Lipinski definition) is 2. The number of rotatable bonds is 7. The fourth-order valence-electron chi connectivity index (χ4n) is 2.50. The second-order valence-corrected chi connectivity index (χ2v) is 5.57. The summed E-state index contributed by atoms with van der Waals surface area (Å²) in [6.45, 7) is 1.70. The summed E-state index contributed by atoms with van der Waals surface area (Å²) in [5.74, 6) is 0.145. The van der Waals surface area contributed by atoms with Gasteiger partial charge in [-0.15, -0.1) is 0 Å². The van der Waals surface area contributed by atoms with Gasteiger partial charge in [0.1, 0.15) is 0 Å². The van der Waals surface area contributed by atoms with Crippen LogP contribution in [0.25, 0.3) is 0 Å². The van der Waals surface area contributed by atoms with Crippen LogP contribution in [-0.2, 0) is 11.2 Å². The van der Waals surface area contributed by atoms with E-state index in [1.54, 1.807) is 39.3 Å². The smallest absolute Gasteiger partial charge is 0.335 e. The molecule has 2 N–H and O–H groups in total. The maximum Gasteiger partial charge on any atom is 0.335 e. The van der Waals surface area contributed by atoms with Crippen LogP contribution in [0.4, 0.5) is 5.69 Å². The molecule has 0 atom stereocenters. The zero-order chi connectivity index (χ0) is 18.4. The molecule has 2 aromatic rings. The van der Waals surface area contributed by atoms with Crippen LogP contribution in [0.3, 0.4) is 0 Å². The number of nitrogens with one attached hydrogen (secondary N) is 1. The highest BCUT2D eigenvalue weighted by Crippen LogP contribution is 2.28. The Hall–Kier alpha value is -3.02. The van der Waals surface area contributed by atoms with Crippen molar-refractivity contribution in [1.29, 1.82) is 0 Å². The Kier molecular flexibility index (Phi) is 6.00. The Morgan fingerprint density at radius 3 is 2.36 bits per heavy atom. The number of carboxylic acid groups (broad SMARTS) is 1. The molecule has 2 rings (SSSR count). The van der Waals surface area contributed by atoms with E-state index in [9.17, 15) is 9.59 Å². The monoisotopic (exact) mass is 343 g/mol. The third kappa shape index (κ3) is 4.73. The van der Waals surface area contributed by atoms with Crippen molar-refractivity contribution in [3.63, 3.8) is 0 Å². The van der Waals surface area contributed by atoms with Gasteiger partial charge < -0.3 is 19.9 Å². The highest BCUT2D eigenvalue weighted by molar-refractivity contribution is 5.93. The minimum atomic E-state index is -0.983. The first-order valence-electron chi connectivity index (χ1n) is 7.79. The van der Waals surface area contributed by atoms with E-state index in [0.29, 0.717) is 35.6 Å². The Morgan fingerprint density at radius 1 is 1.04 bits per heavy atom. The number of methoxy groups -OCH3 is 2. The zero-order valence-electron chi connectivity index (χ0n) is 14.5. The molecule has 132 valence electrons. The standard InChI is InChI=1S/C19H21NO5/c1-12-10-14(6-7-15(12)19(22)23)20-18(21)9-5-13-4-8-16(24-2)17(11-13)25-3/h4,6-8,10-11H,5,9H2,1-3H3,(H,20,21)(H,22,23). The number of hydrogen-bond acceptors (Lipinski definition) is 4. The van der Waals surface area contributed by atoms with Crippen molar-refractivity contribution in [2.75, 3.05) is 19.5 Å². The van der Waals surface area contributed by atoms with Crippen LogP contribution >= 0.6 is 0 Å². The van der Waals surface area contributed by atoms with Crippen molar-refractivity contribution in [3.05, 3.63) is 53.1 Å². The average molecular weight is 343 g/mol. The van der Waals surface area contributed by atoms with Gasteiger partial charge in [-0.3, -0.25) is 4.79 Å². The molecule has 0 spiro atoms. The summed E-state index contributed by atoms with van der Waals surface area (Å²) < 4.78 is 10.4. The summed E-state index contributed by atoms with van der Waals surface area (Å²) in [6.07, 6.45) is 0.855. The SMILES string of the molecule is COc1ccc(CCC(=O)Nc2ccc(C(=O)O)c(C)c2)cc1OC. The van der Waals surface area contributed by atoms with Crippen molar-refractivity contribution in [1.82, 2.24) is 0 Å². The van der Waals surface area contributed by atoms with Crippen LogP contribution in [0.1, 0.15) is 27.9 Å². The minimum Gasteiger partial charge on any atom is -0.493 e. The Morgan fingerprint density at radius 2 is 1.76 bits per heavy atom. The van der Waals surface area contributed by atoms with E-state index < -0.39 is 5.97 Å². The predicted octanol–water partition coefficient (Wildman–Crippen LogP) is 3.28. The number of benzene rings is 2. The molecule has 0 unspecified atom stereocenters. The fourth-order valence-corrected chi connectivity index (χ4v) is 2.50. The number of ether oxygens (including phenoxy) is 2. The molecule has 6 heteroatoms. The van der Waals surface area contributed by atoms with Crippen molar-refractivity contribution < 1.29 is 24.2 Å². The number of carbonyl (C=O) groups is 2. The first-order valence-corrected chi connectivity index (χ1v) is 7.79. The molecule has 0 aliphatic rings. The third-order valence-corrected chi connectivity index (χ3v) is 3.83. The van der Waals surface area contributed by atoms with Crippen LogP contribution < -0.4 is 14.8 Å². The summed E-state index contributed by atoms with van der Waals surface area (Å²) in [5, 5.41) is 11.8. The second-order valence-electron chi connectivity index (χ2n) is 5.57. The van der Waals surface area contributed by atoms with E-state index in [-0.39, 0.29) is 11.5 Å². The first-order chi connectivity index (χ1) is 11.9. The molecule has 0 aliphatic carbocycles. The van der Waals surface area contributed by atoms with Gasteiger partial charge in [0.2, 0.25) is 5.91 Å². The lowest BCUT2D eigenvalue weighted by atomic mass is 10.1. The summed E-state index contributed by atoms with van der Waals surface area (Å²) in [5.41, 5.74) is 2.37. The molecular weight excluding hydrogens is 322 g/mol. The molecule has 2 aromatic carbocycles. The predicted molar refractivity (Wildman–Crippen MR) is 94.6 cm³/mol. The van der Waals surface area contributed by atoms with Gasteiger partial charge >= 0.3 is 5.97 Å². The maximum absolute atomic E-state index is 12.1. The molecule has 0 radical (unpaired) electrons. The lowest BCUT2D eigenvalue weighted by Gasteiger charge is -2.10. The van der Waals surface area contributed by atoms with Crippen LogP contribution in [-0.4, -0.2) is 31.2 Å². The number of anilines is 1. The highest BCUT2D eigenvalue weighted by Gasteiger charge is 2.10. The quantitative estimate of drug-likeness (QED) is 0.806. The van der Waals surface area contributed by atoms with E-state index in [4.69, 9.17) is 14.6 Å². The van der Waals surface area contributed by atoms with Crippen LogP contribution in [0.15, 0.2) is 36.4 Å².